The van der Waals surface area contributed by atoms with E-state index in [4.69, 9.17) is 5.21 Å². The maximum absolute atomic E-state index is 11.9. The smallest absolute Gasteiger partial charge is 0.243 e. The summed E-state index contributed by atoms with van der Waals surface area (Å²) >= 11 is 1.58. The summed E-state index contributed by atoms with van der Waals surface area (Å²) in [4.78, 5) is 24.7. The molecule has 0 aliphatic rings. The Kier molecular flexibility index (Phi) is 5.91. The van der Waals surface area contributed by atoms with E-state index < -0.39 is 0 Å². The number of carbonyl (C=O) groups is 2. The molecule has 5 nitrogen and oxygen atoms in total. The number of anilines is 1. The van der Waals surface area contributed by atoms with Crippen LogP contribution in [0.25, 0.3) is 10.8 Å². The monoisotopic (exact) mass is 320 g/mol. The van der Waals surface area contributed by atoms with Gasteiger partial charge in [-0.15, -0.1) is 11.3 Å². The Morgan fingerprint density at radius 1 is 1.23 bits per heavy atom. The average Bonchev–Trinajstić information content (AvgIpc) is 2.94. The van der Waals surface area contributed by atoms with E-state index in [0.29, 0.717) is 19.4 Å². The van der Waals surface area contributed by atoms with Crippen molar-refractivity contribution < 1.29 is 14.8 Å². The first-order valence-corrected chi connectivity index (χ1v) is 8.18. The molecule has 0 aliphatic carbocycles. The molecule has 0 saturated heterocycles. The number of carbonyl (C=O) groups excluding carboxylic acids is 2. The third kappa shape index (κ3) is 4.05. The molecule has 0 fully saturated rings. The maximum Gasteiger partial charge on any atom is 0.243 e. The van der Waals surface area contributed by atoms with Gasteiger partial charge in [0.25, 0.3) is 0 Å². The van der Waals surface area contributed by atoms with E-state index in [-0.39, 0.29) is 11.8 Å². The molecule has 2 N–H and O–H groups in total. The summed E-state index contributed by atoms with van der Waals surface area (Å²) in [5, 5.41) is 13.7. The minimum atomic E-state index is -0.368. The lowest BCUT2D eigenvalue weighted by Gasteiger charge is -2.20. The van der Waals surface area contributed by atoms with Gasteiger partial charge in [-0.1, -0.05) is 30.7 Å². The lowest BCUT2D eigenvalue weighted by atomic mass is 10.1. The minimum Gasteiger partial charge on any atom is -0.304 e. The molecule has 118 valence electrons. The molecule has 22 heavy (non-hydrogen) atoms. The topological polar surface area (TPSA) is 69.6 Å². The third-order valence-electron chi connectivity index (χ3n) is 3.52. The highest BCUT2D eigenvalue weighted by molar-refractivity contribution is 7.16. The minimum absolute atomic E-state index is 0.0284. The van der Waals surface area contributed by atoms with E-state index in [0.717, 1.165) is 28.6 Å². The van der Waals surface area contributed by atoms with Crippen LogP contribution >= 0.6 is 11.3 Å². The van der Waals surface area contributed by atoms with Gasteiger partial charge < -0.3 is 4.90 Å². The molecule has 0 unspecified atom stereocenters. The van der Waals surface area contributed by atoms with Crippen LogP contribution in [0.2, 0.25) is 0 Å². The molecular formula is C16H20N2O3S. The molecule has 0 radical (unpaired) electrons. The first-order valence-electron chi connectivity index (χ1n) is 7.30. The van der Waals surface area contributed by atoms with Gasteiger partial charge in [0.05, 0.1) is 0 Å². The summed E-state index contributed by atoms with van der Waals surface area (Å²) in [7, 11) is 0. The summed E-state index contributed by atoms with van der Waals surface area (Å²) < 4.78 is 0. The Morgan fingerprint density at radius 3 is 2.73 bits per heavy atom. The molecule has 1 heterocycles. The van der Waals surface area contributed by atoms with Gasteiger partial charge in [-0.25, -0.2) is 5.48 Å². The number of nitrogens with zero attached hydrogens (tertiary/aromatic N) is 1. The second kappa shape index (κ2) is 7.91. The van der Waals surface area contributed by atoms with Crippen LogP contribution in [-0.2, 0) is 9.59 Å². The lowest BCUT2D eigenvalue weighted by molar-refractivity contribution is -0.129. The number of hydrogen-bond donors (Lipinski definition) is 2. The number of nitrogens with one attached hydrogen (secondary N) is 1. The normalized spacial score (nSPS) is 10.6. The van der Waals surface area contributed by atoms with E-state index in [1.807, 2.05) is 24.3 Å². The number of amides is 2. The molecule has 6 heteroatoms. The van der Waals surface area contributed by atoms with Crippen LogP contribution in [-0.4, -0.2) is 23.6 Å². The van der Waals surface area contributed by atoms with E-state index in [2.05, 4.69) is 5.38 Å². The highest BCUT2D eigenvalue weighted by atomic mass is 32.1. The number of benzene rings is 1. The second-order valence-corrected chi connectivity index (χ2v) is 6.00. The molecular weight excluding hydrogens is 300 g/mol. The first kappa shape index (κ1) is 16.5. The van der Waals surface area contributed by atoms with Gasteiger partial charge in [0.2, 0.25) is 11.8 Å². The fourth-order valence-electron chi connectivity index (χ4n) is 2.38. The Bertz CT molecular complexity index is 654. The highest BCUT2D eigenvalue weighted by Gasteiger charge is 2.15. The average molecular weight is 320 g/mol. The van der Waals surface area contributed by atoms with Gasteiger partial charge >= 0.3 is 0 Å². The SMILES string of the molecule is CC(=O)N(CCCCCC(=O)NO)c1scc2ccccc12. The Labute approximate surface area is 133 Å². The third-order valence-corrected chi connectivity index (χ3v) is 4.56. The zero-order chi connectivity index (χ0) is 15.9. The predicted molar refractivity (Wildman–Crippen MR) is 88.2 cm³/mol. The fraction of sp³-hybridized carbons (Fsp3) is 0.375. The number of hydroxylamine groups is 1. The molecule has 0 saturated carbocycles. The molecule has 0 atom stereocenters. The number of unbranched alkanes of at least 4 members (excludes halogenated alkanes) is 2. The van der Waals surface area contributed by atoms with Crippen LogP contribution < -0.4 is 10.4 Å². The number of hydrogen-bond acceptors (Lipinski definition) is 4. The zero-order valence-corrected chi connectivity index (χ0v) is 13.4. The van der Waals surface area contributed by atoms with E-state index in [9.17, 15) is 9.59 Å². The molecule has 2 aromatic rings. The van der Waals surface area contributed by atoms with Crippen LogP contribution in [0, 0.1) is 0 Å². The van der Waals surface area contributed by atoms with Crippen LogP contribution in [0.3, 0.4) is 0 Å². The van der Waals surface area contributed by atoms with Gasteiger partial charge in [-0.2, -0.15) is 0 Å². The van der Waals surface area contributed by atoms with E-state index >= 15 is 0 Å². The van der Waals surface area contributed by atoms with Crippen LogP contribution in [0.1, 0.15) is 32.6 Å². The van der Waals surface area contributed by atoms with Gasteiger partial charge in [0.15, 0.2) is 0 Å². The maximum atomic E-state index is 11.9. The zero-order valence-electron chi connectivity index (χ0n) is 12.5. The molecule has 1 aromatic carbocycles. The number of rotatable bonds is 7. The summed E-state index contributed by atoms with van der Waals surface area (Å²) in [6.07, 6.45) is 2.66. The van der Waals surface area contributed by atoms with Crippen LogP contribution in [0.5, 0.6) is 0 Å². The molecule has 0 bridgehead atoms. The van der Waals surface area contributed by atoms with E-state index in [1.165, 1.54) is 0 Å². The van der Waals surface area contributed by atoms with Crippen molar-refractivity contribution in [2.45, 2.75) is 32.6 Å². The fourth-order valence-corrected chi connectivity index (χ4v) is 3.48. The van der Waals surface area contributed by atoms with Crippen molar-refractivity contribution in [3.8, 4) is 0 Å². The molecule has 0 aliphatic heterocycles. The lowest BCUT2D eigenvalue weighted by Crippen LogP contribution is -2.28. The molecule has 2 amide bonds. The van der Waals surface area contributed by atoms with Crippen molar-refractivity contribution >= 4 is 38.9 Å². The Balaban J connectivity index is 1.96. The second-order valence-electron chi connectivity index (χ2n) is 5.14. The molecule has 0 spiro atoms. The highest BCUT2D eigenvalue weighted by Crippen LogP contribution is 2.34. The van der Waals surface area contributed by atoms with Gasteiger partial charge in [-0.05, 0) is 18.2 Å². The summed E-state index contributed by atoms with van der Waals surface area (Å²) in [6, 6.07) is 8.04. The quantitative estimate of drug-likeness (QED) is 0.467. The first-order chi connectivity index (χ1) is 10.6. The Hall–Kier alpha value is -1.92. The van der Waals surface area contributed by atoms with E-state index in [1.54, 1.807) is 28.6 Å². The molecule has 2 rings (SSSR count). The number of fused-ring (bicyclic) bond motifs is 1. The van der Waals surface area contributed by atoms with Crippen LogP contribution in [0.15, 0.2) is 29.6 Å². The predicted octanol–water partition coefficient (Wildman–Crippen LogP) is 3.32. The Morgan fingerprint density at radius 2 is 2.00 bits per heavy atom. The van der Waals surface area contributed by atoms with Crippen molar-refractivity contribution in [2.75, 3.05) is 11.4 Å². The van der Waals surface area contributed by atoms with Crippen molar-refractivity contribution in [3.05, 3.63) is 29.6 Å². The summed E-state index contributed by atoms with van der Waals surface area (Å²) in [5.41, 5.74) is 1.62. The summed E-state index contributed by atoms with van der Waals surface area (Å²) in [5.74, 6) is -0.339. The van der Waals surface area contributed by atoms with Crippen molar-refractivity contribution in [3.63, 3.8) is 0 Å². The van der Waals surface area contributed by atoms with Crippen molar-refractivity contribution in [1.29, 1.82) is 0 Å². The van der Waals surface area contributed by atoms with Crippen molar-refractivity contribution in [2.24, 2.45) is 0 Å². The largest absolute Gasteiger partial charge is 0.304 e. The number of thiophene rings is 1. The van der Waals surface area contributed by atoms with Gasteiger partial charge in [-0.3, -0.25) is 14.8 Å². The summed E-state index contributed by atoms with van der Waals surface area (Å²) in [6.45, 7) is 2.22. The van der Waals surface area contributed by atoms with Gasteiger partial charge in [0, 0.05) is 30.7 Å². The van der Waals surface area contributed by atoms with Crippen molar-refractivity contribution in [1.82, 2.24) is 5.48 Å². The van der Waals surface area contributed by atoms with Crippen LogP contribution in [0.4, 0.5) is 5.00 Å². The standard InChI is InChI=1S/C16H20N2O3S/c1-12(19)18(10-6-2-3-9-15(20)17-21)16-14-8-5-4-7-13(14)11-22-16/h4-5,7-8,11,21H,2-3,6,9-10H2,1H3,(H,17,20). The molecule has 1 aromatic heterocycles. The van der Waals surface area contributed by atoms with Gasteiger partial charge in [0.1, 0.15) is 5.00 Å².